The first-order valence-electron chi connectivity index (χ1n) is 6.70. The van der Waals surface area contributed by atoms with Crippen LogP contribution in [-0.4, -0.2) is 69.1 Å². The molecule has 132 valence electrons. The molecule has 23 heavy (non-hydrogen) atoms. The van der Waals surface area contributed by atoms with Gasteiger partial charge in [-0.15, -0.1) is 0 Å². The van der Waals surface area contributed by atoms with E-state index in [0.717, 1.165) is 0 Å². The highest BCUT2D eigenvalue weighted by atomic mass is 32.1. The molecule has 0 saturated carbocycles. The summed E-state index contributed by atoms with van der Waals surface area (Å²) in [6.07, 6.45) is -1.77. The molecule has 0 saturated heterocycles. The minimum absolute atomic E-state index is 0.118. The number of carboxylic acids is 2. The predicted molar refractivity (Wildman–Crippen MR) is 81.9 cm³/mol. The van der Waals surface area contributed by atoms with Gasteiger partial charge in [-0.05, 0) is 13.3 Å². The number of hydrogen-bond acceptors (Lipinski definition) is 7. The van der Waals surface area contributed by atoms with Gasteiger partial charge in [0, 0.05) is 12.2 Å². The summed E-state index contributed by atoms with van der Waals surface area (Å²) >= 11 is 3.89. The number of carbonyl (C=O) groups excluding carboxylic acids is 2. The highest BCUT2D eigenvalue weighted by molar-refractivity contribution is 7.80. The smallest absolute Gasteiger partial charge is 0.328 e. The van der Waals surface area contributed by atoms with Crippen molar-refractivity contribution in [2.24, 2.45) is 5.73 Å². The lowest BCUT2D eigenvalue weighted by Crippen LogP contribution is -2.57. The number of amides is 2. The van der Waals surface area contributed by atoms with Crippen LogP contribution in [-0.2, 0) is 19.2 Å². The van der Waals surface area contributed by atoms with Gasteiger partial charge in [-0.3, -0.25) is 14.4 Å². The largest absolute Gasteiger partial charge is 0.481 e. The van der Waals surface area contributed by atoms with Crippen molar-refractivity contribution in [2.75, 3.05) is 5.75 Å². The summed E-state index contributed by atoms with van der Waals surface area (Å²) in [5.41, 5.74) is 5.50. The average Bonchev–Trinajstić information content (AvgIpc) is 2.46. The summed E-state index contributed by atoms with van der Waals surface area (Å²) < 4.78 is 0. The fourth-order valence-corrected chi connectivity index (χ4v) is 1.78. The molecule has 2 amide bonds. The van der Waals surface area contributed by atoms with Crippen LogP contribution in [0.4, 0.5) is 0 Å². The van der Waals surface area contributed by atoms with Gasteiger partial charge in [-0.25, -0.2) is 4.79 Å². The Morgan fingerprint density at radius 3 is 2.09 bits per heavy atom. The Morgan fingerprint density at radius 1 is 1.13 bits per heavy atom. The number of carbonyl (C=O) groups is 4. The number of aliphatic hydroxyl groups excluding tert-OH is 1. The number of thiol groups is 1. The fraction of sp³-hybridized carbons (Fsp3) is 0.667. The molecule has 0 bridgehead atoms. The Kier molecular flexibility index (Phi) is 9.22. The van der Waals surface area contributed by atoms with Gasteiger partial charge < -0.3 is 31.7 Å². The molecular formula is C12H21N3O7S. The van der Waals surface area contributed by atoms with Crippen molar-refractivity contribution in [1.29, 1.82) is 0 Å². The van der Waals surface area contributed by atoms with Crippen molar-refractivity contribution in [1.82, 2.24) is 10.6 Å². The van der Waals surface area contributed by atoms with Crippen LogP contribution in [0.1, 0.15) is 19.8 Å². The van der Waals surface area contributed by atoms with E-state index in [1.807, 2.05) is 0 Å². The van der Waals surface area contributed by atoms with Crippen LogP contribution in [0.25, 0.3) is 0 Å². The van der Waals surface area contributed by atoms with Crippen LogP contribution in [0.3, 0.4) is 0 Å². The minimum Gasteiger partial charge on any atom is -0.481 e. The molecule has 0 spiro atoms. The maximum absolute atomic E-state index is 11.9. The van der Waals surface area contributed by atoms with Crippen LogP contribution in [0.5, 0.6) is 0 Å². The maximum atomic E-state index is 11.9. The molecule has 0 aromatic heterocycles. The molecule has 0 heterocycles. The van der Waals surface area contributed by atoms with Crippen LogP contribution in [0, 0.1) is 0 Å². The Balaban J connectivity index is 4.69. The molecule has 4 atom stereocenters. The molecule has 4 unspecified atom stereocenters. The Labute approximate surface area is 137 Å². The van der Waals surface area contributed by atoms with Gasteiger partial charge in [0.2, 0.25) is 11.8 Å². The highest BCUT2D eigenvalue weighted by Crippen LogP contribution is 1.99. The lowest BCUT2D eigenvalue weighted by molar-refractivity contribution is -0.145. The molecular weight excluding hydrogens is 330 g/mol. The lowest BCUT2D eigenvalue weighted by Gasteiger charge is -2.22. The van der Waals surface area contributed by atoms with Gasteiger partial charge in [0.15, 0.2) is 6.04 Å². The Hall–Kier alpha value is -1.85. The molecule has 0 aliphatic carbocycles. The number of nitrogens with one attached hydrogen (secondary N) is 2. The van der Waals surface area contributed by atoms with Gasteiger partial charge in [-0.1, -0.05) is 0 Å². The van der Waals surface area contributed by atoms with E-state index in [0.29, 0.717) is 0 Å². The monoisotopic (exact) mass is 351 g/mol. The SMILES string of the molecule is CC(O)C(NC(=O)C(CS)NC(=O)C(N)CCC(=O)O)C(=O)O. The van der Waals surface area contributed by atoms with Crippen molar-refractivity contribution in [2.45, 2.75) is 44.0 Å². The second-order valence-corrected chi connectivity index (χ2v) is 5.21. The van der Waals surface area contributed by atoms with E-state index in [2.05, 4.69) is 23.3 Å². The van der Waals surface area contributed by atoms with Crippen molar-refractivity contribution in [3.8, 4) is 0 Å². The minimum atomic E-state index is -1.54. The van der Waals surface area contributed by atoms with Crippen molar-refractivity contribution < 1.29 is 34.5 Å². The summed E-state index contributed by atoms with van der Waals surface area (Å²) in [4.78, 5) is 45.0. The normalized spacial score (nSPS) is 15.8. The summed E-state index contributed by atoms with van der Waals surface area (Å²) in [6, 6.07) is -3.85. The van der Waals surface area contributed by atoms with Gasteiger partial charge in [0.25, 0.3) is 0 Å². The summed E-state index contributed by atoms with van der Waals surface area (Å²) in [5, 5.41) is 31.0. The van der Waals surface area contributed by atoms with E-state index in [-0.39, 0.29) is 18.6 Å². The predicted octanol–water partition coefficient (Wildman–Crippen LogP) is -2.46. The standard InChI is InChI=1S/C12H21N3O7S/c1-5(16)9(12(21)22)15-11(20)7(4-23)14-10(19)6(13)2-3-8(17)18/h5-7,9,16,23H,2-4,13H2,1H3,(H,14,19)(H,15,20)(H,17,18)(H,21,22). The molecule has 10 nitrogen and oxygen atoms in total. The third kappa shape index (κ3) is 7.81. The van der Waals surface area contributed by atoms with E-state index in [4.69, 9.17) is 15.9 Å². The molecule has 0 rings (SSSR count). The number of aliphatic hydroxyl groups is 1. The lowest BCUT2D eigenvalue weighted by atomic mass is 10.1. The van der Waals surface area contributed by atoms with E-state index >= 15 is 0 Å². The molecule has 0 aromatic rings. The number of rotatable bonds is 10. The number of carboxylic acid groups (broad SMARTS) is 2. The number of nitrogens with two attached hydrogens (primary N) is 1. The first-order chi connectivity index (χ1) is 10.6. The third-order valence-corrected chi connectivity index (χ3v) is 3.23. The van der Waals surface area contributed by atoms with E-state index < -0.39 is 48.0 Å². The molecule has 0 radical (unpaired) electrons. The summed E-state index contributed by atoms with van der Waals surface area (Å²) in [5.74, 6) is -4.31. The van der Waals surface area contributed by atoms with Crippen LogP contribution in [0.15, 0.2) is 0 Å². The fourth-order valence-electron chi connectivity index (χ4n) is 1.53. The van der Waals surface area contributed by atoms with Crippen molar-refractivity contribution in [3.63, 3.8) is 0 Å². The highest BCUT2D eigenvalue weighted by Gasteiger charge is 2.29. The zero-order valence-electron chi connectivity index (χ0n) is 12.4. The van der Waals surface area contributed by atoms with Crippen LogP contribution >= 0.6 is 12.6 Å². The zero-order chi connectivity index (χ0) is 18.2. The first-order valence-corrected chi connectivity index (χ1v) is 7.33. The zero-order valence-corrected chi connectivity index (χ0v) is 13.3. The second kappa shape index (κ2) is 10.0. The van der Waals surface area contributed by atoms with Crippen molar-refractivity contribution in [3.05, 3.63) is 0 Å². The maximum Gasteiger partial charge on any atom is 0.328 e. The van der Waals surface area contributed by atoms with Gasteiger partial charge in [-0.2, -0.15) is 12.6 Å². The molecule has 0 fully saturated rings. The molecule has 0 aromatic carbocycles. The molecule has 0 aliphatic rings. The average molecular weight is 351 g/mol. The third-order valence-electron chi connectivity index (χ3n) is 2.87. The van der Waals surface area contributed by atoms with Gasteiger partial charge >= 0.3 is 11.9 Å². The van der Waals surface area contributed by atoms with Gasteiger partial charge in [0.05, 0.1) is 12.1 Å². The Morgan fingerprint density at radius 2 is 1.70 bits per heavy atom. The summed E-state index contributed by atoms with van der Waals surface area (Å²) in [6.45, 7) is 1.19. The number of aliphatic carboxylic acids is 2. The summed E-state index contributed by atoms with van der Waals surface area (Å²) in [7, 11) is 0. The molecule has 7 N–H and O–H groups in total. The van der Waals surface area contributed by atoms with E-state index in [1.54, 1.807) is 0 Å². The molecule has 11 heteroatoms. The Bertz CT molecular complexity index is 458. The van der Waals surface area contributed by atoms with Crippen molar-refractivity contribution >= 4 is 36.4 Å². The number of hydrogen-bond donors (Lipinski definition) is 7. The van der Waals surface area contributed by atoms with Gasteiger partial charge in [0.1, 0.15) is 6.04 Å². The van der Waals surface area contributed by atoms with E-state index in [1.165, 1.54) is 6.92 Å². The molecule has 0 aliphatic heterocycles. The topological polar surface area (TPSA) is 179 Å². The second-order valence-electron chi connectivity index (χ2n) is 4.85. The van der Waals surface area contributed by atoms with Crippen LogP contribution in [0.2, 0.25) is 0 Å². The quantitative estimate of drug-likeness (QED) is 0.212. The van der Waals surface area contributed by atoms with Crippen LogP contribution < -0.4 is 16.4 Å². The first kappa shape index (κ1) is 21.1. The van der Waals surface area contributed by atoms with E-state index in [9.17, 15) is 24.3 Å².